The first kappa shape index (κ1) is 21.4. The number of halogens is 2. The Hall–Kier alpha value is -3.85. The number of rotatable bonds is 7. The zero-order valence-corrected chi connectivity index (χ0v) is 17.9. The Balaban J connectivity index is 1.53. The quantitative estimate of drug-likeness (QED) is 0.435. The minimum atomic E-state index is -0.484. The molecule has 4 aromatic rings. The van der Waals surface area contributed by atoms with Crippen molar-refractivity contribution in [3.63, 3.8) is 0 Å². The molecule has 0 fully saturated rings. The van der Waals surface area contributed by atoms with E-state index in [0.29, 0.717) is 34.3 Å². The number of nitrogens with zero attached hydrogens (tertiary/aromatic N) is 3. The normalized spacial score (nSPS) is 10.8. The molecular weight excluding hydrogens is 439 g/mol. The second kappa shape index (κ2) is 9.11. The van der Waals surface area contributed by atoms with E-state index in [-0.39, 0.29) is 23.4 Å². The summed E-state index contributed by atoms with van der Waals surface area (Å²) in [5.41, 5.74) is 1.56. The van der Waals surface area contributed by atoms with Crippen LogP contribution in [-0.4, -0.2) is 34.8 Å². The first-order valence-corrected chi connectivity index (χ1v) is 9.83. The van der Waals surface area contributed by atoms with E-state index in [1.807, 2.05) is 0 Å². The van der Waals surface area contributed by atoms with E-state index in [0.717, 1.165) is 6.07 Å². The van der Waals surface area contributed by atoms with Gasteiger partial charge in [-0.3, -0.25) is 4.79 Å². The number of ether oxygens (including phenoxy) is 2. The van der Waals surface area contributed by atoms with Crippen molar-refractivity contribution in [2.75, 3.05) is 19.5 Å². The van der Waals surface area contributed by atoms with Gasteiger partial charge < -0.3 is 23.9 Å². The van der Waals surface area contributed by atoms with Gasteiger partial charge in [-0.25, -0.2) is 4.39 Å². The number of methoxy groups -OCH3 is 2. The Bertz CT molecular complexity index is 1270. The van der Waals surface area contributed by atoms with Gasteiger partial charge in [0.05, 0.1) is 24.9 Å². The van der Waals surface area contributed by atoms with Crippen molar-refractivity contribution in [3.05, 3.63) is 65.6 Å². The molecule has 0 unspecified atom stereocenters. The number of aromatic nitrogens is 3. The number of anilines is 1. The minimum absolute atomic E-state index is 0.0376. The first-order chi connectivity index (χ1) is 15.5. The lowest BCUT2D eigenvalue weighted by atomic mass is 10.2. The third-order valence-corrected chi connectivity index (χ3v) is 4.95. The topological polar surface area (TPSA) is 91.4 Å². The van der Waals surface area contributed by atoms with Gasteiger partial charge in [0.1, 0.15) is 18.1 Å². The molecule has 1 N–H and O–H groups in total. The van der Waals surface area contributed by atoms with Crippen molar-refractivity contribution in [2.24, 2.45) is 0 Å². The maximum Gasteiger partial charge on any atom is 0.274 e. The molecular formula is C22H18ClFN4O4. The van der Waals surface area contributed by atoms with Crippen LogP contribution in [0.4, 0.5) is 10.1 Å². The molecule has 0 spiro atoms. The van der Waals surface area contributed by atoms with Gasteiger partial charge in [-0.1, -0.05) is 16.8 Å². The molecule has 0 aliphatic rings. The zero-order valence-electron chi connectivity index (χ0n) is 17.1. The molecule has 2 heterocycles. The van der Waals surface area contributed by atoms with Crippen LogP contribution in [0, 0.1) is 5.82 Å². The Morgan fingerprint density at radius 3 is 2.72 bits per heavy atom. The van der Waals surface area contributed by atoms with Gasteiger partial charge in [0, 0.05) is 11.8 Å². The molecule has 0 radical (unpaired) electrons. The summed E-state index contributed by atoms with van der Waals surface area (Å²) in [5.74, 6) is 0.888. The summed E-state index contributed by atoms with van der Waals surface area (Å²) < 4.78 is 30.8. The minimum Gasteiger partial charge on any atom is -0.493 e. The standard InChI is InChI=1S/C22H18ClFN4O4/c1-30-18-8-5-13(10-19(18)31-2)21-26-22(32-27-21)17-4-3-9-28(17)12-20(29)25-16-7-6-14(24)11-15(16)23/h3-11H,12H2,1-2H3,(H,25,29). The second-order valence-corrected chi connectivity index (χ2v) is 7.09. The van der Waals surface area contributed by atoms with Gasteiger partial charge in [-0.2, -0.15) is 4.98 Å². The summed E-state index contributed by atoms with van der Waals surface area (Å²) in [4.78, 5) is 16.9. The Kier molecular flexibility index (Phi) is 6.09. The highest BCUT2D eigenvalue weighted by atomic mass is 35.5. The lowest BCUT2D eigenvalue weighted by Gasteiger charge is -2.09. The van der Waals surface area contributed by atoms with Crippen LogP contribution in [0.2, 0.25) is 5.02 Å². The van der Waals surface area contributed by atoms with Crippen molar-refractivity contribution in [1.29, 1.82) is 0 Å². The van der Waals surface area contributed by atoms with Crippen molar-refractivity contribution in [1.82, 2.24) is 14.7 Å². The van der Waals surface area contributed by atoms with Crippen LogP contribution >= 0.6 is 11.6 Å². The van der Waals surface area contributed by atoms with Gasteiger partial charge in [0.15, 0.2) is 11.5 Å². The van der Waals surface area contributed by atoms with E-state index in [9.17, 15) is 9.18 Å². The Labute approximate surface area is 187 Å². The monoisotopic (exact) mass is 456 g/mol. The van der Waals surface area contributed by atoms with Crippen molar-refractivity contribution < 1.29 is 23.2 Å². The summed E-state index contributed by atoms with van der Waals surface area (Å²) >= 11 is 5.97. The molecule has 0 saturated heterocycles. The number of carbonyl (C=O) groups is 1. The summed E-state index contributed by atoms with van der Waals surface area (Å²) in [6, 6.07) is 12.5. The van der Waals surface area contributed by atoms with Crippen molar-refractivity contribution in [3.8, 4) is 34.5 Å². The summed E-state index contributed by atoms with van der Waals surface area (Å²) in [6.45, 7) is -0.0376. The number of nitrogens with one attached hydrogen (secondary N) is 1. The van der Waals surface area contributed by atoms with Gasteiger partial charge in [0.25, 0.3) is 5.89 Å². The van der Waals surface area contributed by atoms with Crippen LogP contribution in [-0.2, 0) is 11.3 Å². The highest BCUT2D eigenvalue weighted by Crippen LogP contribution is 2.32. The Morgan fingerprint density at radius 2 is 1.97 bits per heavy atom. The van der Waals surface area contributed by atoms with E-state index in [2.05, 4.69) is 15.5 Å². The molecule has 2 aromatic heterocycles. The number of hydrogen-bond acceptors (Lipinski definition) is 6. The summed E-state index contributed by atoms with van der Waals surface area (Å²) in [7, 11) is 3.10. The molecule has 0 saturated carbocycles. The fourth-order valence-electron chi connectivity index (χ4n) is 3.10. The van der Waals surface area contributed by atoms with E-state index in [1.54, 1.807) is 55.3 Å². The predicted octanol–water partition coefficient (Wildman–Crippen LogP) is 4.65. The first-order valence-electron chi connectivity index (χ1n) is 9.45. The fourth-order valence-corrected chi connectivity index (χ4v) is 3.32. The molecule has 32 heavy (non-hydrogen) atoms. The average molecular weight is 457 g/mol. The van der Waals surface area contributed by atoms with Crippen LogP contribution in [0.5, 0.6) is 11.5 Å². The summed E-state index contributed by atoms with van der Waals surface area (Å²) in [5, 5.41) is 6.80. The zero-order chi connectivity index (χ0) is 22.7. The van der Waals surface area contributed by atoms with Crippen LogP contribution in [0.15, 0.2) is 59.3 Å². The van der Waals surface area contributed by atoms with Gasteiger partial charge >= 0.3 is 0 Å². The predicted molar refractivity (Wildman–Crippen MR) is 116 cm³/mol. The average Bonchev–Trinajstić information content (AvgIpc) is 3.44. The van der Waals surface area contributed by atoms with Crippen LogP contribution in [0.3, 0.4) is 0 Å². The smallest absolute Gasteiger partial charge is 0.274 e. The fraction of sp³-hybridized carbons (Fsp3) is 0.136. The lowest BCUT2D eigenvalue weighted by molar-refractivity contribution is -0.116. The molecule has 1 amide bonds. The highest BCUT2D eigenvalue weighted by Gasteiger charge is 2.17. The van der Waals surface area contributed by atoms with Crippen molar-refractivity contribution in [2.45, 2.75) is 6.54 Å². The molecule has 0 aliphatic heterocycles. The molecule has 4 rings (SSSR count). The molecule has 0 aliphatic carbocycles. The SMILES string of the molecule is COc1ccc(-c2noc(-c3cccn3CC(=O)Nc3ccc(F)cc3Cl)n2)cc1OC. The van der Waals surface area contributed by atoms with E-state index < -0.39 is 5.82 Å². The number of carbonyl (C=O) groups excluding carboxylic acids is 1. The van der Waals surface area contributed by atoms with Gasteiger partial charge in [-0.05, 0) is 48.5 Å². The Morgan fingerprint density at radius 1 is 1.16 bits per heavy atom. The molecule has 0 bridgehead atoms. The maximum atomic E-state index is 13.2. The van der Waals surface area contributed by atoms with Gasteiger partial charge in [-0.15, -0.1) is 0 Å². The molecule has 10 heteroatoms. The molecule has 2 aromatic carbocycles. The van der Waals surface area contributed by atoms with Crippen LogP contribution in [0.25, 0.3) is 23.0 Å². The van der Waals surface area contributed by atoms with Crippen LogP contribution in [0.1, 0.15) is 0 Å². The number of benzene rings is 2. The maximum absolute atomic E-state index is 13.2. The van der Waals surface area contributed by atoms with E-state index in [1.165, 1.54) is 12.1 Å². The lowest BCUT2D eigenvalue weighted by Crippen LogP contribution is -2.19. The molecule has 164 valence electrons. The molecule has 0 atom stereocenters. The number of amides is 1. The van der Waals surface area contributed by atoms with E-state index >= 15 is 0 Å². The summed E-state index contributed by atoms with van der Waals surface area (Å²) in [6.07, 6.45) is 1.71. The number of hydrogen-bond donors (Lipinski definition) is 1. The second-order valence-electron chi connectivity index (χ2n) is 6.69. The van der Waals surface area contributed by atoms with Crippen molar-refractivity contribution >= 4 is 23.2 Å². The largest absolute Gasteiger partial charge is 0.493 e. The molecule has 8 nitrogen and oxygen atoms in total. The van der Waals surface area contributed by atoms with Gasteiger partial charge in [0.2, 0.25) is 11.7 Å². The van der Waals surface area contributed by atoms with Crippen LogP contribution < -0.4 is 14.8 Å². The highest BCUT2D eigenvalue weighted by molar-refractivity contribution is 6.33. The van der Waals surface area contributed by atoms with E-state index in [4.69, 9.17) is 25.6 Å². The third kappa shape index (κ3) is 4.42. The third-order valence-electron chi connectivity index (χ3n) is 4.64.